The van der Waals surface area contributed by atoms with E-state index in [1.807, 2.05) is 0 Å². The Morgan fingerprint density at radius 1 is 0.895 bits per heavy atom. The molecule has 0 unspecified atom stereocenters. The Morgan fingerprint density at radius 2 is 1.53 bits per heavy atom. The van der Waals surface area contributed by atoms with Gasteiger partial charge in [-0.15, -0.1) is 0 Å². The van der Waals surface area contributed by atoms with Crippen LogP contribution in [0, 0.1) is 20.2 Å². The molecular formula is C26H22ClN3O8. The van der Waals surface area contributed by atoms with Crippen molar-refractivity contribution < 1.29 is 28.9 Å². The first kappa shape index (κ1) is 25.4. The fraction of sp³-hybridized carbons (Fsp3) is 0.308. The number of carbonyl (C=O) groups excluding carboxylic acids is 2. The predicted octanol–water partition coefficient (Wildman–Crippen LogP) is 5.66. The number of nitrogens with zero attached hydrogens (tertiary/aromatic N) is 2. The maximum absolute atomic E-state index is 13.1. The van der Waals surface area contributed by atoms with Crippen molar-refractivity contribution in [3.8, 4) is 17.2 Å². The van der Waals surface area contributed by atoms with Gasteiger partial charge in [0.15, 0.2) is 23.1 Å². The van der Waals surface area contributed by atoms with E-state index >= 15 is 0 Å². The smallest absolute Gasteiger partial charge is 0.318 e. The highest BCUT2D eigenvalue weighted by atomic mass is 35.5. The maximum Gasteiger partial charge on any atom is 0.318 e. The Kier molecular flexibility index (Phi) is 6.62. The van der Waals surface area contributed by atoms with E-state index in [0.717, 1.165) is 42.4 Å². The van der Waals surface area contributed by atoms with Gasteiger partial charge in [-0.1, -0.05) is 11.6 Å². The number of nitro benzene ring substituents is 2. The average Bonchev–Trinajstić information content (AvgIpc) is 2.88. The summed E-state index contributed by atoms with van der Waals surface area (Å²) in [5.74, 6) is -0.894. The van der Waals surface area contributed by atoms with E-state index in [2.05, 4.69) is 5.32 Å². The third-order valence-electron chi connectivity index (χ3n) is 6.94. The molecule has 0 saturated carbocycles. The van der Waals surface area contributed by atoms with Gasteiger partial charge in [0.1, 0.15) is 0 Å². The predicted molar refractivity (Wildman–Crippen MR) is 135 cm³/mol. The SMILES string of the molecule is COc1cc(C2C3=C(CCCC3=O)NC3=C2C(=O)CCC3)cc(Cl)c1Oc1ccc([N+](=O)[O-])cc1[N+](=O)[O-]. The van der Waals surface area contributed by atoms with E-state index in [1.54, 1.807) is 12.1 Å². The molecule has 0 radical (unpaired) electrons. The highest BCUT2D eigenvalue weighted by molar-refractivity contribution is 6.32. The summed E-state index contributed by atoms with van der Waals surface area (Å²) in [5.41, 5.74) is 2.19. The molecule has 1 aliphatic heterocycles. The Morgan fingerprint density at radius 3 is 2.08 bits per heavy atom. The zero-order valence-electron chi connectivity index (χ0n) is 20.2. The first-order valence-electron chi connectivity index (χ1n) is 12.0. The quantitative estimate of drug-likeness (QED) is 0.362. The van der Waals surface area contributed by atoms with Crippen molar-refractivity contribution in [3.63, 3.8) is 0 Å². The Balaban J connectivity index is 1.62. The van der Waals surface area contributed by atoms with Crippen molar-refractivity contribution in [2.75, 3.05) is 7.11 Å². The number of ketones is 2. The molecule has 0 atom stereocenters. The monoisotopic (exact) mass is 539 g/mol. The molecule has 12 heteroatoms. The summed E-state index contributed by atoms with van der Waals surface area (Å²) in [6, 6.07) is 6.16. The minimum atomic E-state index is -0.794. The molecule has 2 aromatic rings. The van der Waals surface area contributed by atoms with Gasteiger partial charge in [-0.2, -0.15) is 0 Å². The molecule has 0 amide bonds. The third kappa shape index (κ3) is 4.38. The number of rotatable bonds is 6. The zero-order valence-corrected chi connectivity index (χ0v) is 21.0. The molecule has 1 heterocycles. The van der Waals surface area contributed by atoms with Crippen LogP contribution in [0.25, 0.3) is 0 Å². The van der Waals surface area contributed by atoms with Gasteiger partial charge in [0.05, 0.1) is 28.0 Å². The summed E-state index contributed by atoms with van der Waals surface area (Å²) < 4.78 is 11.3. The fourth-order valence-corrected chi connectivity index (χ4v) is 5.54. The van der Waals surface area contributed by atoms with E-state index < -0.39 is 27.1 Å². The van der Waals surface area contributed by atoms with Crippen LogP contribution in [0.3, 0.4) is 0 Å². The van der Waals surface area contributed by atoms with Crippen molar-refractivity contribution in [3.05, 3.63) is 83.7 Å². The molecule has 0 fully saturated rings. The topological polar surface area (TPSA) is 151 Å². The van der Waals surface area contributed by atoms with E-state index in [-0.39, 0.29) is 33.8 Å². The molecular weight excluding hydrogens is 518 g/mol. The van der Waals surface area contributed by atoms with E-state index in [1.165, 1.54) is 7.11 Å². The second-order valence-corrected chi connectivity index (χ2v) is 9.61. The Labute approximate surface area is 221 Å². The Hall–Kier alpha value is -4.25. The van der Waals surface area contributed by atoms with Crippen LogP contribution in [0.4, 0.5) is 11.4 Å². The number of carbonyl (C=O) groups is 2. The molecule has 38 heavy (non-hydrogen) atoms. The number of allylic oxidation sites excluding steroid dienone is 4. The van der Waals surface area contributed by atoms with Crippen LogP contribution in [0.2, 0.25) is 5.02 Å². The minimum Gasteiger partial charge on any atom is -0.493 e. The third-order valence-corrected chi connectivity index (χ3v) is 7.22. The van der Waals surface area contributed by atoms with Gasteiger partial charge in [0.25, 0.3) is 5.69 Å². The molecule has 11 nitrogen and oxygen atoms in total. The fourth-order valence-electron chi connectivity index (χ4n) is 5.28. The van der Waals surface area contributed by atoms with E-state index in [4.69, 9.17) is 21.1 Å². The lowest BCUT2D eigenvalue weighted by Gasteiger charge is -2.37. The summed E-state index contributed by atoms with van der Waals surface area (Å²) in [4.78, 5) is 47.3. The molecule has 0 aromatic heterocycles. The average molecular weight is 540 g/mol. The largest absolute Gasteiger partial charge is 0.493 e. The number of hydrogen-bond donors (Lipinski definition) is 1. The second kappa shape index (κ2) is 9.90. The maximum atomic E-state index is 13.1. The number of nitro groups is 2. The van der Waals surface area contributed by atoms with Gasteiger partial charge < -0.3 is 14.8 Å². The molecule has 196 valence electrons. The first-order chi connectivity index (χ1) is 18.2. The number of halogens is 1. The first-order valence-corrected chi connectivity index (χ1v) is 12.3. The minimum absolute atomic E-state index is 0.0290. The number of nitrogens with one attached hydrogen (secondary N) is 1. The lowest BCUT2D eigenvalue weighted by molar-refractivity contribution is -0.394. The van der Waals surface area contributed by atoms with Crippen LogP contribution in [-0.2, 0) is 9.59 Å². The lowest BCUT2D eigenvalue weighted by Crippen LogP contribution is -2.36. The number of benzene rings is 2. The van der Waals surface area contributed by atoms with Crippen LogP contribution in [0.5, 0.6) is 17.2 Å². The van der Waals surface area contributed by atoms with Gasteiger partial charge >= 0.3 is 5.69 Å². The van der Waals surface area contributed by atoms with Crippen molar-refractivity contribution in [1.82, 2.24) is 5.32 Å². The van der Waals surface area contributed by atoms with Gasteiger partial charge in [-0.05, 0) is 49.4 Å². The molecule has 2 aliphatic carbocycles. The highest BCUT2D eigenvalue weighted by Crippen LogP contribution is 2.49. The molecule has 0 saturated heterocycles. The standard InChI is InChI=1S/C26H22ClN3O8/c1-37-22-11-13(10-15(27)26(22)38-21-9-8-14(29(33)34)12-18(21)30(35)36)23-24-16(4-2-6-19(24)31)28-17-5-3-7-20(32)25(17)23/h8-12,23,28H,2-7H2,1H3. The normalized spacial score (nSPS) is 17.5. The molecule has 2 aromatic carbocycles. The van der Waals surface area contributed by atoms with Crippen LogP contribution in [0.1, 0.15) is 50.0 Å². The van der Waals surface area contributed by atoms with E-state index in [0.29, 0.717) is 42.4 Å². The highest BCUT2D eigenvalue weighted by Gasteiger charge is 2.40. The number of methoxy groups -OCH3 is 1. The molecule has 0 bridgehead atoms. The van der Waals surface area contributed by atoms with Crippen molar-refractivity contribution in [2.45, 2.75) is 44.4 Å². The van der Waals surface area contributed by atoms with E-state index in [9.17, 15) is 29.8 Å². The van der Waals surface area contributed by atoms with Gasteiger partial charge in [0.2, 0.25) is 5.75 Å². The summed E-state index contributed by atoms with van der Waals surface area (Å²) in [5, 5.41) is 26.0. The summed E-state index contributed by atoms with van der Waals surface area (Å²) >= 11 is 6.62. The van der Waals surface area contributed by atoms with Crippen LogP contribution in [0.15, 0.2) is 52.9 Å². The van der Waals surface area contributed by atoms with Gasteiger partial charge in [0, 0.05) is 47.4 Å². The van der Waals surface area contributed by atoms with Gasteiger partial charge in [-0.25, -0.2) is 0 Å². The van der Waals surface area contributed by atoms with Crippen LogP contribution in [-0.4, -0.2) is 28.5 Å². The molecule has 5 rings (SSSR count). The summed E-state index contributed by atoms with van der Waals surface area (Å²) in [6.45, 7) is 0. The zero-order chi connectivity index (χ0) is 27.1. The number of Topliss-reactive ketones (excluding diaryl/α,β-unsaturated/α-hetero) is 2. The van der Waals surface area contributed by atoms with Gasteiger partial charge in [-0.3, -0.25) is 29.8 Å². The molecule has 1 N–H and O–H groups in total. The number of non-ortho nitro benzene ring substituents is 1. The van der Waals surface area contributed by atoms with Crippen molar-refractivity contribution >= 4 is 34.5 Å². The number of ether oxygens (including phenoxy) is 2. The summed E-state index contributed by atoms with van der Waals surface area (Å²) in [6.07, 6.45) is 3.59. The van der Waals surface area contributed by atoms with Crippen molar-refractivity contribution in [1.29, 1.82) is 0 Å². The second-order valence-electron chi connectivity index (χ2n) is 9.20. The number of dihydropyridines is 1. The van der Waals surface area contributed by atoms with Crippen molar-refractivity contribution in [2.24, 2.45) is 0 Å². The van der Waals surface area contributed by atoms with Crippen LogP contribution >= 0.6 is 11.6 Å². The molecule has 0 spiro atoms. The van der Waals surface area contributed by atoms with Crippen LogP contribution < -0.4 is 14.8 Å². The number of hydrogen-bond acceptors (Lipinski definition) is 9. The summed E-state index contributed by atoms with van der Waals surface area (Å²) in [7, 11) is 1.36. The molecule has 3 aliphatic rings. The Bertz CT molecular complexity index is 1440. The lowest BCUT2D eigenvalue weighted by atomic mass is 9.71.